The van der Waals surface area contributed by atoms with Gasteiger partial charge in [-0.1, -0.05) is 6.07 Å². The lowest BCUT2D eigenvalue weighted by Gasteiger charge is -2.10. The molecule has 2 aliphatic heterocycles. The monoisotopic (exact) mass is 256 g/mol. The average Bonchev–Trinajstić information content (AvgIpc) is 2.88. The van der Waals surface area contributed by atoms with Crippen molar-refractivity contribution in [3.8, 4) is 0 Å². The van der Waals surface area contributed by atoms with E-state index in [-0.39, 0.29) is 12.1 Å². The number of hydrogen-bond acceptors (Lipinski definition) is 3. The van der Waals surface area contributed by atoms with E-state index in [0.717, 1.165) is 12.1 Å². The molecule has 0 aromatic heterocycles. The summed E-state index contributed by atoms with van der Waals surface area (Å²) in [4.78, 5) is 4.31. The second-order valence-electron chi connectivity index (χ2n) is 4.39. The van der Waals surface area contributed by atoms with Crippen LogP contribution in [0.3, 0.4) is 0 Å². The van der Waals surface area contributed by atoms with E-state index >= 15 is 0 Å². The van der Waals surface area contributed by atoms with Gasteiger partial charge in [-0.15, -0.1) is 0 Å². The Labute approximate surface area is 102 Å². The van der Waals surface area contributed by atoms with E-state index in [1.165, 1.54) is 6.07 Å². The van der Waals surface area contributed by atoms with Gasteiger partial charge in [0.1, 0.15) is 12.1 Å². The minimum Gasteiger partial charge on any atom is -0.470 e. The molecular formula is C12H11F3N2O. The summed E-state index contributed by atoms with van der Waals surface area (Å²) >= 11 is 0. The Kier molecular flexibility index (Phi) is 2.55. The number of ether oxygens (including phenoxy) is 1. The molecule has 1 fully saturated rings. The first-order valence-corrected chi connectivity index (χ1v) is 5.67. The molecule has 0 bridgehead atoms. The zero-order valence-electron chi connectivity index (χ0n) is 9.37. The first-order chi connectivity index (χ1) is 8.54. The Balaban J connectivity index is 1.89. The van der Waals surface area contributed by atoms with E-state index in [4.69, 9.17) is 4.74 Å². The van der Waals surface area contributed by atoms with Crippen molar-refractivity contribution in [2.24, 2.45) is 4.99 Å². The molecule has 1 aromatic rings. The molecule has 1 N–H and O–H groups in total. The summed E-state index contributed by atoms with van der Waals surface area (Å²) in [5.74, 6) is 0.317. The fourth-order valence-corrected chi connectivity index (χ4v) is 2.19. The van der Waals surface area contributed by atoms with Crippen LogP contribution in [0.2, 0.25) is 0 Å². The number of nitrogens with zero attached hydrogens (tertiary/aromatic N) is 1. The molecule has 1 aromatic carbocycles. The van der Waals surface area contributed by atoms with Gasteiger partial charge >= 0.3 is 6.18 Å². The lowest BCUT2D eigenvalue weighted by Crippen LogP contribution is -2.20. The lowest BCUT2D eigenvalue weighted by molar-refractivity contribution is -0.137. The van der Waals surface area contributed by atoms with E-state index in [9.17, 15) is 13.2 Å². The van der Waals surface area contributed by atoms with Gasteiger partial charge in [-0.05, 0) is 18.2 Å². The summed E-state index contributed by atoms with van der Waals surface area (Å²) in [7, 11) is 0. The molecule has 0 spiro atoms. The highest BCUT2D eigenvalue weighted by Gasteiger charge is 2.36. The topological polar surface area (TPSA) is 33.6 Å². The van der Waals surface area contributed by atoms with Gasteiger partial charge < -0.3 is 10.1 Å². The first kappa shape index (κ1) is 11.5. The van der Waals surface area contributed by atoms with Gasteiger partial charge in [0.2, 0.25) is 5.90 Å². The van der Waals surface area contributed by atoms with E-state index < -0.39 is 11.7 Å². The van der Waals surface area contributed by atoms with Crippen molar-refractivity contribution in [1.82, 2.24) is 5.32 Å². The molecular weight excluding hydrogens is 245 g/mol. The molecule has 2 heterocycles. The van der Waals surface area contributed by atoms with Gasteiger partial charge in [0, 0.05) is 18.7 Å². The summed E-state index contributed by atoms with van der Waals surface area (Å²) in [6.07, 6.45) is -4.39. The second-order valence-corrected chi connectivity index (χ2v) is 4.39. The molecule has 2 aliphatic rings. The molecule has 0 radical (unpaired) electrons. The SMILES string of the molecule is FC(F)(F)c1cccc(C2=NC3CNCC3O2)c1. The molecule has 96 valence electrons. The van der Waals surface area contributed by atoms with Crippen LogP contribution in [0.5, 0.6) is 0 Å². The van der Waals surface area contributed by atoms with Crippen LogP contribution in [-0.4, -0.2) is 31.1 Å². The number of halogens is 3. The molecule has 0 aliphatic carbocycles. The van der Waals surface area contributed by atoms with Gasteiger partial charge in [0.25, 0.3) is 0 Å². The van der Waals surface area contributed by atoms with Crippen LogP contribution in [0.4, 0.5) is 13.2 Å². The van der Waals surface area contributed by atoms with Crippen LogP contribution in [0.1, 0.15) is 11.1 Å². The number of hydrogen-bond donors (Lipinski definition) is 1. The standard InChI is InChI=1S/C12H11F3N2O/c13-12(14,15)8-3-1-2-7(4-8)11-17-9-5-16-6-10(9)18-11/h1-4,9-10,16H,5-6H2. The van der Waals surface area contributed by atoms with Crippen molar-refractivity contribution >= 4 is 5.90 Å². The van der Waals surface area contributed by atoms with Crippen LogP contribution >= 0.6 is 0 Å². The summed E-state index contributed by atoms with van der Waals surface area (Å²) in [6.45, 7) is 1.41. The van der Waals surface area contributed by atoms with Crippen molar-refractivity contribution in [2.45, 2.75) is 18.3 Å². The van der Waals surface area contributed by atoms with E-state index in [2.05, 4.69) is 10.3 Å². The van der Waals surface area contributed by atoms with Crippen LogP contribution in [-0.2, 0) is 10.9 Å². The predicted molar refractivity (Wildman–Crippen MR) is 59.5 cm³/mol. The molecule has 1 saturated heterocycles. The Bertz CT molecular complexity index is 498. The van der Waals surface area contributed by atoms with Gasteiger partial charge in [-0.25, -0.2) is 4.99 Å². The Morgan fingerprint density at radius 3 is 2.83 bits per heavy atom. The van der Waals surface area contributed by atoms with Gasteiger partial charge in [0.05, 0.1) is 5.56 Å². The molecule has 0 amide bonds. The van der Waals surface area contributed by atoms with Crippen molar-refractivity contribution < 1.29 is 17.9 Å². The second kappa shape index (κ2) is 3.98. The highest BCUT2D eigenvalue weighted by Crippen LogP contribution is 2.30. The van der Waals surface area contributed by atoms with Crippen molar-refractivity contribution in [3.63, 3.8) is 0 Å². The number of aliphatic imine (C=N–C) groups is 1. The largest absolute Gasteiger partial charge is 0.470 e. The maximum absolute atomic E-state index is 12.6. The lowest BCUT2D eigenvalue weighted by atomic mass is 10.1. The highest BCUT2D eigenvalue weighted by atomic mass is 19.4. The van der Waals surface area contributed by atoms with Crippen molar-refractivity contribution in [2.75, 3.05) is 13.1 Å². The van der Waals surface area contributed by atoms with Crippen LogP contribution in [0, 0.1) is 0 Å². The number of nitrogens with one attached hydrogen (secondary N) is 1. The average molecular weight is 256 g/mol. The molecule has 0 saturated carbocycles. The molecule has 2 atom stereocenters. The van der Waals surface area contributed by atoms with Gasteiger partial charge in [-0.2, -0.15) is 13.2 Å². The van der Waals surface area contributed by atoms with Crippen LogP contribution in [0.25, 0.3) is 0 Å². The molecule has 18 heavy (non-hydrogen) atoms. The van der Waals surface area contributed by atoms with Gasteiger partial charge in [0.15, 0.2) is 0 Å². The Morgan fingerprint density at radius 2 is 2.11 bits per heavy atom. The third-order valence-corrected chi connectivity index (χ3v) is 3.11. The minimum atomic E-state index is -4.34. The Hall–Kier alpha value is -1.56. The third-order valence-electron chi connectivity index (χ3n) is 3.11. The van der Waals surface area contributed by atoms with Gasteiger partial charge in [-0.3, -0.25) is 0 Å². The summed E-state index contributed by atoms with van der Waals surface area (Å²) in [5.41, 5.74) is -0.291. The van der Waals surface area contributed by atoms with E-state index in [0.29, 0.717) is 24.6 Å². The van der Waals surface area contributed by atoms with Crippen molar-refractivity contribution in [1.29, 1.82) is 0 Å². The van der Waals surface area contributed by atoms with Crippen LogP contribution in [0.15, 0.2) is 29.3 Å². The number of rotatable bonds is 1. The molecule has 3 rings (SSSR count). The molecule has 2 unspecified atom stereocenters. The fraction of sp³-hybridized carbons (Fsp3) is 0.417. The number of alkyl halides is 3. The smallest absolute Gasteiger partial charge is 0.416 e. The van der Waals surface area contributed by atoms with E-state index in [1.54, 1.807) is 6.07 Å². The number of benzene rings is 1. The molecule has 3 nitrogen and oxygen atoms in total. The maximum atomic E-state index is 12.6. The Morgan fingerprint density at radius 1 is 1.28 bits per heavy atom. The summed E-state index contributed by atoms with van der Waals surface area (Å²) in [6, 6.07) is 5.10. The maximum Gasteiger partial charge on any atom is 0.416 e. The number of fused-ring (bicyclic) bond motifs is 1. The van der Waals surface area contributed by atoms with E-state index in [1.807, 2.05) is 0 Å². The predicted octanol–water partition coefficient (Wildman–Crippen LogP) is 1.82. The summed E-state index contributed by atoms with van der Waals surface area (Å²) in [5, 5.41) is 3.12. The van der Waals surface area contributed by atoms with Crippen LogP contribution < -0.4 is 5.32 Å². The fourth-order valence-electron chi connectivity index (χ4n) is 2.19. The summed E-state index contributed by atoms with van der Waals surface area (Å²) < 4.78 is 43.3. The first-order valence-electron chi connectivity index (χ1n) is 5.67. The zero-order chi connectivity index (χ0) is 12.8. The minimum absolute atomic E-state index is 0.0227. The molecule has 6 heteroatoms. The normalized spacial score (nSPS) is 26.7. The highest BCUT2D eigenvalue weighted by molar-refractivity contribution is 5.95. The third kappa shape index (κ3) is 1.96. The zero-order valence-corrected chi connectivity index (χ0v) is 9.37. The quantitative estimate of drug-likeness (QED) is 0.831. The van der Waals surface area contributed by atoms with Crippen molar-refractivity contribution in [3.05, 3.63) is 35.4 Å².